The Kier molecular flexibility index (Phi) is 3.72. The molecule has 0 radical (unpaired) electrons. The minimum atomic E-state index is -0.976. The third kappa shape index (κ3) is 3.16. The Bertz CT molecular complexity index is 491. The van der Waals surface area contributed by atoms with Crippen molar-refractivity contribution in [2.24, 2.45) is 0 Å². The van der Waals surface area contributed by atoms with Gasteiger partial charge in [-0.3, -0.25) is 0 Å². The maximum absolute atomic E-state index is 10.4. The zero-order chi connectivity index (χ0) is 13.0. The lowest BCUT2D eigenvalue weighted by atomic mass is 10.1. The van der Waals surface area contributed by atoms with Crippen LogP contribution in [0.2, 0.25) is 0 Å². The second-order valence-corrected chi connectivity index (χ2v) is 4.25. The van der Waals surface area contributed by atoms with Crippen molar-refractivity contribution in [1.82, 2.24) is 9.97 Å². The van der Waals surface area contributed by atoms with E-state index in [4.69, 9.17) is 5.11 Å². The van der Waals surface area contributed by atoms with Crippen LogP contribution in [0.5, 0.6) is 0 Å². The normalized spacial score (nSPS) is 15.8. The van der Waals surface area contributed by atoms with Crippen LogP contribution in [0.3, 0.4) is 0 Å². The largest absolute Gasteiger partial charge is 0.478 e. The summed E-state index contributed by atoms with van der Waals surface area (Å²) in [7, 11) is 0. The van der Waals surface area contributed by atoms with Gasteiger partial charge in [0.05, 0.1) is 0 Å². The van der Waals surface area contributed by atoms with Crippen molar-refractivity contribution in [2.75, 3.05) is 18.0 Å². The smallest absolute Gasteiger partial charge is 0.328 e. The number of anilines is 1. The van der Waals surface area contributed by atoms with Crippen LogP contribution < -0.4 is 4.90 Å². The molecule has 1 aliphatic heterocycles. The molecule has 0 fully saturated rings. The molecule has 0 aromatic carbocycles. The maximum atomic E-state index is 10.4. The van der Waals surface area contributed by atoms with E-state index in [9.17, 15) is 4.79 Å². The average molecular weight is 245 g/mol. The van der Waals surface area contributed by atoms with Crippen molar-refractivity contribution in [1.29, 1.82) is 0 Å². The SMILES string of the molecule is CC1=CCCN(c2ncc(/C=C/C(=O)O)cn2)C1. The molecular weight excluding hydrogens is 230 g/mol. The van der Waals surface area contributed by atoms with Crippen LogP contribution in [-0.4, -0.2) is 34.1 Å². The van der Waals surface area contributed by atoms with E-state index in [2.05, 4.69) is 27.9 Å². The molecule has 5 heteroatoms. The number of hydrogen-bond donors (Lipinski definition) is 1. The van der Waals surface area contributed by atoms with E-state index in [1.54, 1.807) is 12.4 Å². The maximum Gasteiger partial charge on any atom is 0.328 e. The third-order valence-corrected chi connectivity index (χ3v) is 2.69. The van der Waals surface area contributed by atoms with Crippen molar-refractivity contribution in [3.8, 4) is 0 Å². The minimum absolute atomic E-state index is 0.686. The van der Waals surface area contributed by atoms with Crippen LogP contribution >= 0.6 is 0 Å². The van der Waals surface area contributed by atoms with Gasteiger partial charge in [0.15, 0.2) is 0 Å². The summed E-state index contributed by atoms with van der Waals surface area (Å²) in [6.45, 7) is 3.86. The highest BCUT2D eigenvalue weighted by Crippen LogP contribution is 2.15. The first-order valence-electron chi connectivity index (χ1n) is 5.79. The summed E-state index contributed by atoms with van der Waals surface area (Å²) in [6.07, 6.45) is 9.06. The monoisotopic (exact) mass is 245 g/mol. The van der Waals surface area contributed by atoms with Crippen LogP contribution in [-0.2, 0) is 4.79 Å². The summed E-state index contributed by atoms with van der Waals surface area (Å²) in [5, 5.41) is 8.52. The summed E-state index contributed by atoms with van der Waals surface area (Å²) in [4.78, 5) is 21.0. The molecule has 0 aliphatic carbocycles. The highest BCUT2D eigenvalue weighted by atomic mass is 16.4. The standard InChI is InChI=1S/C13H15N3O2/c1-10-3-2-6-16(9-10)13-14-7-11(8-15-13)4-5-12(17)18/h3-5,7-8H,2,6,9H2,1H3,(H,17,18)/b5-4+. The van der Waals surface area contributed by atoms with E-state index in [1.165, 1.54) is 11.6 Å². The fourth-order valence-electron chi connectivity index (χ4n) is 1.83. The van der Waals surface area contributed by atoms with E-state index >= 15 is 0 Å². The molecule has 1 aromatic heterocycles. The van der Waals surface area contributed by atoms with E-state index in [-0.39, 0.29) is 0 Å². The van der Waals surface area contributed by atoms with Gasteiger partial charge in [0.1, 0.15) is 0 Å². The van der Waals surface area contributed by atoms with Gasteiger partial charge in [-0.05, 0) is 19.4 Å². The summed E-state index contributed by atoms with van der Waals surface area (Å²) in [5.74, 6) is -0.286. The molecular formula is C13H15N3O2. The molecule has 0 saturated carbocycles. The van der Waals surface area contributed by atoms with Gasteiger partial charge in [0.2, 0.25) is 5.95 Å². The molecule has 1 aliphatic rings. The molecule has 1 aromatic rings. The highest BCUT2D eigenvalue weighted by molar-refractivity contribution is 5.85. The molecule has 0 saturated heterocycles. The molecule has 0 amide bonds. The average Bonchev–Trinajstić information content (AvgIpc) is 2.37. The highest BCUT2D eigenvalue weighted by Gasteiger charge is 2.12. The van der Waals surface area contributed by atoms with Crippen molar-refractivity contribution >= 4 is 18.0 Å². The Morgan fingerprint density at radius 3 is 2.78 bits per heavy atom. The van der Waals surface area contributed by atoms with Gasteiger partial charge in [0, 0.05) is 37.1 Å². The number of hydrogen-bond acceptors (Lipinski definition) is 4. The van der Waals surface area contributed by atoms with Crippen LogP contribution in [0.1, 0.15) is 18.9 Å². The Hall–Kier alpha value is -2.17. The van der Waals surface area contributed by atoms with E-state index < -0.39 is 5.97 Å². The summed E-state index contributed by atoms with van der Waals surface area (Å²) < 4.78 is 0. The molecule has 0 atom stereocenters. The molecule has 0 spiro atoms. The fraction of sp³-hybridized carbons (Fsp3) is 0.308. The van der Waals surface area contributed by atoms with Crippen LogP contribution in [0.15, 0.2) is 30.1 Å². The second-order valence-electron chi connectivity index (χ2n) is 4.25. The fourth-order valence-corrected chi connectivity index (χ4v) is 1.83. The molecule has 18 heavy (non-hydrogen) atoms. The number of carbonyl (C=O) groups is 1. The van der Waals surface area contributed by atoms with Gasteiger partial charge >= 0.3 is 5.97 Å². The molecule has 94 valence electrons. The van der Waals surface area contributed by atoms with Gasteiger partial charge in [-0.25, -0.2) is 14.8 Å². The number of aromatic nitrogens is 2. The summed E-state index contributed by atoms with van der Waals surface area (Å²) >= 11 is 0. The first kappa shape index (κ1) is 12.3. The molecule has 1 N–H and O–H groups in total. The van der Waals surface area contributed by atoms with Crippen molar-refractivity contribution in [2.45, 2.75) is 13.3 Å². The zero-order valence-electron chi connectivity index (χ0n) is 10.2. The molecule has 2 rings (SSSR count). The van der Waals surface area contributed by atoms with Gasteiger partial charge < -0.3 is 10.0 Å². The second kappa shape index (κ2) is 5.44. The van der Waals surface area contributed by atoms with Gasteiger partial charge in [-0.15, -0.1) is 0 Å². The van der Waals surface area contributed by atoms with E-state index in [0.29, 0.717) is 11.5 Å². The third-order valence-electron chi connectivity index (χ3n) is 2.69. The Morgan fingerprint density at radius 1 is 1.44 bits per heavy atom. The molecule has 5 nitrogen and oxygen atoms in total. The van der Waals surface area contributed by atoms with Crippen molar-refractivity contribution in [3.05, 3.63) is 35.7 Å². The number of carboxylic acid groups (broad SMARTS) is 1. The van der Waals surface area contributed by atoms with E-state index in [1.807, 2.05) is 0 Å². The van der Waals surface area contributed by atoms with Crippen molar-refractivity contribution < 1.29 is 9.90 Å². The number of nitrogens with zero attached hydrogens (tertiary/aromatic N) is 3. The van der Waals surface area contributed by atoms with Crippen molar-refractivity contribution in [3.63, 3.8) is 0 Å². The zero-order valence-corrected chi connectivity index (χ0v) is 10.2. The quantitative estimate of drug-likeness (QED) is 0.649. The lowest BCUT2D eigenvalue weighted by Gasteiger charge is -2.25. The van der Waals surface area contributed by atoms with Gasteiger partial charge in [-0.2, -0.15) is 0 Å². The van der Waals surface area contributed by atoms with Crippen LogP contribution in [0.4, 0.5) is 5.95 Å². The lowest BCUT2D eigenvalue weighted by Crippen LogP contribution is -2.30. The molecule has 0 unspecified atom stereocenters. The number of rotatable bonds is 3. The predicted molar refractivity (Wildman–Crippen MR) is 69.3 cm³/mol. The topological polar surface area (TPSA) is 66.3 Å². The molecule has 0 bridgehead atoms. The number of aliphatic carboxylic acids is 1. The van der Waals surface area contributed by atoms with E-state index in [0.717, 1.165) is 25.6 Å². The minimum Gasteiger partial charge on any atom is -0.478 e. The Labute approximate surface area is 105 Å². The Morgan fingerprint density at radius 2 is 2.17 bits per heavy atom. The first-order chi connectivity index (χ1) is 8.65. The Balaban J connectivity index is 2.08. The lowest BCUT2D eigenvalue weighted by molar-refractivity contribution is -0.131. The van der Waals surface area contributed by atoms with Crippen LogP contribution in [0, 0.1) is 0 Å². The van der Waals surface area contributed by atoms with Gasteiger partial charge in [0.25, 0.3) is 0 Å². The van der Waals surface area contributed by atoms with Crippen LogP contribution in [0.25, 0.3) is 6.08 Å². The number of carboxylic acids is 1. The summed E-state index contributed by atoms with van der Waals surface area (Å²) in [5.41, 5.74) is 2.00. The summed E-state index contributed by atoms with van der Waals surface area (Å²) in [6, 6.07) is 0. The predicted octanol–water partition coefficient (Wildman–Crippen LogP) is 1.73. The first-order valence-corrected chi connectivity index (χ1v) is 5.79. The molecule has 2 heterocycles. The van der Waals surface area contributed by atoms with Gasteiger partial charge in [-0.1, -0.05) is 11.6 Å².